The number of anilines is 1. The molecular weight excluding hydrogens is 462 g/mol. The number of aliphatic imine (C=N–C) groups is 1. The van der Waals surface area contributed by atoms with Crippen molar-refractivity contribution in [3.05, 3.63) is 114 Å². The molecule has 0 spiro atoms. The van der Waals surface area contributed by atoms with Crippen LogP contribution in [0.3, 0.4) is 0 Å². The fourth-order valence-corrected chi connectivity index (χ4v) is 3.92. The minimum atomic E-state index is -0.317. The van der Waals surface area contributed by atoms with Gasteiger partial charge in [-0.25, -0.2) is 9.97 Å². The van der Waals surface area contributed by atoms with Crippen molar-refractivity contribution in [2.45, 2.75) is 39.7 Å². The van der Waals surface area contributed by atoms with Gasteiger partial charge in [0.1, 0.15) is 12.4 Å². The summed E-state index contributed by atoms with van der Waals surface area (Å²) in [6, 6.07) is 29.1. The zero-order valence-corrected chi connectivity index (χ0v) is 21.3. The van der Waals surface area contributed by atoms with Gasteiger partial charge in [-0.1, -0.05) is 67.6 Å². The van der Waals surface area contributed by atoms with E-state index in [9.17, 15) is 4.79 Å². The summed E-state index contributed by atoms with van der Waals surface area (Å²) in [5, 5.41) is 6.16. The lowest BCUT2D eigenvalue weighted by atomic mass is 9.96. The lowest BCUT2D eigenvalue weighted by Gasteiger charge is -2.17. The number of hydrogen-bond donors (Lipinski definition) is 2. The number of carbonyl (C=O) groups excluding carboxylic acids is 1. The maximum Gasteiger partial charge on any atom is 0.253 e. The van der Waals surface area contributed by atoms with Crippen LogP contribution in [0.4, 0.5) is 11.6 Å². The zero-order valence-electron chi connectivity index (χ0n) is 21.3. The lowest BCUT2D eigenvalue weighted by Crippen LogP contribution is -2.38. The van der Waals surface area contributed by atoms with Crippen LogP contribution in [-0.4, -0.2) is 21.8 Å². The smallest absolute Gasteiger partial charge is 0.253 e. The first-order valence-electron chi connectivity index (χ1n) is 12.3. The van der Waals surface area contributed by atoms with Crippen molar-refractivity contribution >= 4 is 23.5 Å². The second kappa shape index (κ2) is 12.4. The Labute approximate surface area is 217 Å². The molecule has 0 fully saturated rings. The number of benzene rings is 3. The molecular formula is C30H31N5O2. The highest BCUT2D eigenvalue weighted by Gasteiger charge is 2.20. The summed E-state index contributed by atoms with van der Waals surface area (Å²) in [5.41, 5.74) is 4.38. The van der Waals surface area contributed by atoms with E-state index >= 15 is 0 Å². The summed E-state index contributed by atoms with van der Waals surface area (Å²) in [7, 11) is 0. The first-order valence-corrected chi connectivity index (χ1v) is 12.3. The number of rotatable bonds is 8. The van der Waals surface area contributed by atoms with Crippen LogP contribution in [0.2, 0.25) is 0 Å². The number of nitrogens with one attached hydrogen (secondary N) is 2. The van der Waals surface area contributed by atoms with Crippen molar-refractivity contribution in [2.24, 2.45) is 4.99 Å². The average Bonchev–Trinajstić information content (AvgIpc) is 2.89. The van der Waals surface area contributed by atoms with Gasteiger partial charge in [0.05, 0.1) is 5.92 Å². The average molecular weight is 494 g/mol. The number of ether oxygens (including phenoxy) is 1. The Kier molecular flexibility index (Phi) is 8.60. The van der Waals surface area contributed by atoms with E-state index in [1.54, 1.807) is 0 Å². The Hall–Kier alpha value is -4.52. The Morgan fingerprint density at radius 3 is 2.14 bits per heavy atom. The van der Waals surface area contributed by atoms with Gasteiger partial charge >= 0.3 is 0 Å². The molecule has 0 radical (unpaired) electrons. The van der Waals surface area contributed by atoms with E-state index in [1.807, 2.05) is 112 Å². The fourth-order valence-electron chi connectivity index (χ4n) is 3.92. The number of amides is 1. The summed E-state index contributed by atoms with van der Waals surface area (Å²) < 4.78 is 5.89. The molecule has 1 aromatic heterocycles. The highest BCUT2D eigenvalue weighted by atomic mass is 16.5. The fraction of sp³-hybridized carbons (Fsp3) is 0.200. The molecule has 0 saturated carbocycles. The second-order valence-electron chi connectivity index (χ2n) is 8.70. The van der Waals surface area contributed by atoms with Crippen molar-refractivity contribution in [3.8, 4) is 5.75 Å². The predicted octanol–water partition coefficient (Wildman–Crippen LogP) is 6.08. The van der Waals surface area contributed by atoms with E-state index in [0.29, 0.717) is 13.0 Å². The van der Waals surface area contributed by atoms with Gasteiger partial charge in [-0.15, -0.1) is 0 Å². The van der Waals surface area contributed by atoms with Gasteiger partial charge in [-0.2, -0.15) is 4.99 Å². The van der Waals surface area contributed by atoms with Gasteiger partial charge < -0.3 is 10.1 Å². The summed E-state index contributed by atoms with van der Waals surface area (Å²) >= 11 is 0. The molecule has 0 saturated heterocycles. The first kappa shape index (κ1) is 25.6. The Morgan fingerprint density at radius 1 is 0.892 bits per heavy atom. The van der Waals surface area contributed by atoms with E-state index in [0.717, 1.165) is 34.0 Å². The van der Waals surface area contributed by atoms with Gasteiger partial charge in [0, 0.05) is 17.1 Å². The number of aryl methyl sites for hydroxylation is 2. The molecule has 1 unspecified atom stereocenters. The minimum Gasteiger partial charge on any atom is -0.489 e. The van der Waals surface area contributed by atoms with E-state index < -0.39 is 0 Å². The molecule has 4 aromatic rings. The van der Waals surface area contributed by atoms with Crippen molar-refractivity contribution < 1.29 is 9.53 Å². The zero-order chi connectivity index (χ0) is 26.0. The molecule has 0 aliphatic carbocycles. The molecule has 1 amide bonds. The number of guanidine groups is 1. The molecule has 1 atom stereocenters. The molecule has 0 aliphatic rings. The quantitative estimate of drug-likeness (QED) is 0.229. The molecule has 7 nitrogen and oxygen atoms in total. The maximum absolute atomic E-state index is 13.3. The maximum atomic E-state index is 13.3. The monoisotopic (exact) mass is 493 g/mol. The molecule has 2 N–H and O–H groups in total. The molecule has 188 valence electrons. The highest BCUT2D eigenvalue weighted by Crippen LogP contribution is 2.21. The largest absolute Gasteiger partial charge is 0.489 e. The van der Waals surface area contributed by atoms with Crippen LogP contribution in [-0.2, 0) is 11.4 Å². The van der Waals surface area contributed by atoms with Crippen LogP contribution in [0.15, 0.2) is 96.0 Å². The summed E-state index contributed by atoms with van der Waals surface area (Å²) in [4.78, 5) is 26.6. The topological polar surface area (TPSA) is 88.5 Å². The van der Waals surface area contributed by atoms with Crippen LogP contribution in [0, 0.1) is 13.8 Å². The van der Waals surface area contributed by atoms with E-state index in [2.05, 4.69) is 25.6 Å². The summed E-state index contributed by atoms with van der Waals surface area (Å²) in [6.45, 7) is 6.24. The molecule has 4 rings (SSSR count). The van der Waals surface area contributed by atoms with Crippen LogP contribution < -0.4 is 15.4 Å². The molecule has 3 aromatic carbocycles. The van der Waals surface area contributed by atoms with E-state index in [1.165, 1.54) is 0 Å². The second-order valence-corrected chi connectivity index (χ2v) is 8.70. The molecule has 7 heteroatoms. The molecule has 1 heterocycles. The molecule has 37 heavy (non-hydrogen) atoms. The van der Waals surface area contributed by atoms with Crippen LogP contribution in [0.25, 0.3) is 0 Å². The summed E-state index contributed by atoms with van der Waals surface area (Å²) in [6.07, 6.45) is 0.649. The number of carbonyl (C=O) groups is 1. The van der Waals surface area contributed by atoms with Gasteiger partial charge in [0.15, 0.2) is 0 Å². The molecule has 0 bridgehead atoms. The van der Waals surface area contributed by atoms with E-state index in [4.69, 9.17) is 4.74 Å². The normalized spacial score (nSPS) is 12.0. The number of nitrogens with zero attached hydrogens (tertiary/aromatic N) is 3. The van der Waals surface area contributed by atoms with E-state index in [-0.39, 0.29) is 23.7 Å². The van der Waals surface area contributed by atoms with Crippen LogP contribution >= 0.6 is 0 Å². The van der Waals surface area contributed by atoms with Crippen molar-refractivity contribution in [1.82, 2.24) is 15.3 Å². The third kappa shape index (κ3) is 7.48. The van der Waals surface area contributed by atoms with Crippen LogP contribution in [0.1, 0.15) is 41.8 Å². The first-order chi connectivity index (χ1) is 18.0. The summed E-state index contributed by atoms with van der Waals surface area (Å²) in [5.74, 6) is 0.789. The highest BCUT2D eigenvalue weighted by molar-refractivity contribution is 6.06. The SMILES string of the molecule is CCC(C(=O)NC(=Nc1nc(C)cc(C)n1)Nc1ccc(OCc2ccccc2)cc1)c1ccccc1. The third-order valence-corrected chi connectivity index (χ3v) is 5.72. The number of hydrogen-bond acceptors (Lipinski definition) is 5. The third-order valence-electron chi connectivity index (χ3n) is 5.72. The van der Waals surface area contributed by atoms with Crippen molar-refractivity contribution in [3.63, 3.8) is 0 Å². The molecule has 0 aliphatic heterocycles. The van der Waals surface area contributed by atoms with Gasteiger partial charge in [0.25, 0.3) is 5.95 Å². The number of aromatic nitrogens is 2. The van der Waals surface area contributed by atoms with Crippen molar-refractivity contribution in [2.75, 3.05) is 5.32 Å². The van der Waals surface area contributed by atoms with Gasteiger partial charge in [-0.05, 0) is 61.7 Å². The predicted molar refractivity (Wildman–Crippen MR) is 147 cm³/mol. The Bertz CT molecular complexity index is 1320. The lowest BCUT2D eigenvalue weighted by molar-refractivity contribution is -0.121. The Balaban J connectivity index is 1.53. The van der Waals surface area contributed by atoms with Gasteiger partial charge in [0.2, 0.25) is 11.9 Å². The van der Waals surface area contributed by atoms with Crippen molar-refractivity contribution in [1.29, 1.82) is 0 Å². The van der Waals surface area contributed by atoms with Crippen LogP contribution in [0.5, 0.6) is 5.75 Å². The Morgan fingerprint density at radius 2 is 1.51 bits per heavy atom. The minimum absolute atomic E-state index is 0.160. The van der Waals surface area contributed by atoms with Gasteiger partial charge in [-0.3, -0.25) is 10.1 Å². The standard InChI is InChI=1S/C30H31N5O2/c1-4-27(24-13-9-6-10-14-24)28(36)34-30(35-29-31-21(2)19-22(3)32-29)33-25-15-17-26(18-16-25)37-20-23-11-7-5-8-12-23/h5-19,27H,4,20H2,1-3H3,(H2,31,32,33,34,35,36).